The van der Waals surface area contributed by atoms with Gasteiger partial charge in [-0.25, -0.2) is 9.97 Å². The summed E-state index contributed by atoms with van der Waals surface area (Å²) in [7, 11) is 3.27. The van der Waals surface area contributed by atoms with Crippen LogP contribution in [0, 0.1) is 6.92 Å². The SMILES string of the molecule is COc1ccc(Cc2c(-c3cnccc3C)nc(N)c3cnc(N)cc23)c(OC)c1. The van der Waals surface area contributed by atoms with Gasteiger partial charge in [-0.2, -0.15) is 0 Å². The second kappa shape index (κ2) is 7.87. The summed E-state index contributed by atoms with van der Waals surface area (Å²) in [5.74, 6) is 2.29. The molecule has 0 saturated carbocycles. The molecule has 0 fully saturated rings. The molecular formula is C23H23N5O2. The second-order valence-corrected chi connectivity index (χ2v) is 7.02. The number of ether oxygens (including phenoxy) is 2. The largest absolute Gasteiger partial charge is 0.497 e. The minimum Gasteiger partial charge on any atom is -0.497 e. The van der Waals surface area contributed by atoms with Crippen molar-refractivity contribution >= 4 is 22.4 Å². The van der Waals surface area contributed by atoms with E-state index < -0.39 is 0 Å². The van der Waals surface area contributed by atoms with Crippen molar-refractivity contribution in [1.29, 1.82) is 0 Å². The minimum absolute atomic E-state index is 0.404. The summed E-state index contributed by atoms with van der Waals surface area (Å²) in [6.07, 6.45) is 5.80. The van der Waals surface area contributed by atoms with Crippen LogP contribution in [-0.2, 0) is 6.42 Å². The van der Waals surface area contributed by atoms with Crippen LogP contribution < -0.4 is 20.9 Å². The van der Waals surface area contributed by atoms with E-state index in [0.29, 0.717) is 18.1 Å². The van der Waals surface area contributed by atoms with Gasteiger partial charge in [-0.1, -0.05) is 6.07 Å². The van der Waals surface area contributed by atoms with Crippen molar-refractivity contribution in [2.75, 3.05) is 25.7 Å². The molecule has 0 amide bonds. The maximum Gasteiger partial charge on any atom is 0.133 e. The van der Waals surface area contributed by atoms with Gasteiger partial charge in [0.2, 0.25) is 0 Å². The van der Waals surface area contributed by atoms with Crippen LogP contribution in [0.25, 0.3) is 22.0 Å². The zero-order valence-electron chi connectivity index (χ0n) is 17.1. The number of aryl methyl sites for hydroxylation is 1. The number of nitrogen functional groups attached to an aromatic ring is 2. The fourth-order valence-electron chi connectivity index (χ4n) is 3.60. The van der Waals surface area contributed by atoms with Crippen LogP contribution in [0.1, 0.15) is 16.7 Å². The molecule has 4 aromatic rings. The number of methoxy groups -OCH3 is 2. The number of hydrogen-bond donors (Lipinski definition) is 2. The van der Waals surface area contributed by atoms with Crippen molar-refractivity contribution in [2.24, 2.45) is 0 Å². The highest BCUT2D eigenvalue weighted by molar-refractivity contribution is 5.98. The Kier molecular flexibility index (Phi) is 5.10. The number of rotatable bonds is 5. The molecule has 0 aliphatic heterocycles. The highest BCUT2D eigenvalue weighted by Crippen LogP contribution is 2.36. The van der Waals surface area contributed by atoms with Gasteiger partial charge in [0.05, 0.1) is 19.9 Å². The Morgan fingerprint density at radius 3 is 2.53 bits per heavy atom. The number of pyridine rings is 3. The highest BCUT2D eigenvalue weighted by atomic mass is 16.5. The summed E-state index contributed by atoms with van der Waals surface area (Å²) in [6.45, 7) is 2.03. The molecule has 4 N–H and O–H groups in total. The molecular weight excluding hydrogens is 378 g/mol. The van der Waals surface area contributed by atoms with Crippen molar-refractivity contribution in [3.8, 4) is 22.8 Å². The molecule has 0 spiro atoms. The quantitative estimate of drug-likeness (QED) is 0.524. The Labute approximate surface area is 174 Å². The summed E-state index contributed by atoms with van der Waals surface area (Å²) < 4.78 is 10.9. The number of anilines is 2. The average molecular weight is 401 g/mol. The van der Waals surface area contributed by atoms with Crippen LogP contribution in [0.3, 0.4) is 0 Å². The van der Waals surface area contributed by atoms with Crippen LogP contribution >= 0.6 is 0 Å². The molecule has 4 rings (SSSR count). The van der Waals surface area contributed by atoms with Crippen LogP contribution in [-0.4, -0.2) is 29.2 Å². The van der Waals surface area contributed by atoms with Gasteiger partial charge in [0.15, 0.2) is 0 Å². The van der Waals surface area contributed by atoms with Crippen LogP contribution in [0.15, 0.2) is 48.9 Å². The molecule has 30 heavy (non-hydrogen) atoms. The lowest BCUT2D eigenvalue weighted by molar-refractivity contribution is 0.391. The third-order valence-corrected chi connectivity index (χ3v) is 5.20. The van der Waals surface area contributed by atoms with Crippen molar-refractivity contribution < 1.29 is 9.47 Å². The average Bonchev–Trinajstić information content (AvgIpc) is 2.76. The first-order valence-electron chi connectivity index (χ1n) is 9.47. The maximum atomic E-state index is 6.30. The predicted molar refractivity (Wildman–Crippen MR) is 119 cm³/mol. The Balaban J connectivity index is 2.00. The molecule has 152 valence electrons. The molecule has 0 radical (unpaired) electrons. The van der Waals surface area contributed by atoms with E-state index >= 15 is 0 Å². The van der Waals surface area contributed by atoms with Gasteiger partial charge < -0.3 is 20.9 Å². The summed E-state index contributed by atoms with van der Waals surface area (Å²) in [5, 5.41) is 1.67. The van der Waals surface area contributed by atoms with Crippen LogP contribution in [0.5, 0.6) is 11.5 Å². The fraction of sp³-hybridized carbons (Fsp3) is 0.174. The molecule has 0 atom stereocenters. The zero-order valence-corrected chi connectivity index (χ0v) is 17.1. The third kappa shape index (κ3) is 3.45. The van der Waals surface area contributed by atoms with E-state index in [0.717, 1.165) is 50.2 Å². The first kappa shape index (κ1) is 19.4. The Bertz CT molecular complexity index is 1240. The first-order chi connectivity index (χ1) is 14.5. The van der Waals surface area contributed by atoms with E-state index in [9.17, 15) is 0 Å². The van der Waals surface area contributed by atoms with E-state index in [4.69, 9.17) is 25.9 Å². The fourth-order valence-corrected chi connectivity index (χ4v) is 3.60. The van der Waals surface area contributed by atoms with Gasteiger partial charge in [0.1, 0.15) is 23.1 Å². The highest BCUT2D eigenvalue weighted by Gasteiger charge is 2.19. The Morgan fingerprint density at radius 2 is 1.80 bits per heavy atom. The maximum absolute atomic E-state index is 6.30. The number of fused-ring (bicyclic) bond motifs is 1. The zero-order chi connectivity index (χ0) is 21.3. The monoisotopic (exact) mass is 401 g/mol. The summed E-state index contributed by atoms with van der Waals surface area (Å²) in [6, 6.07) is 9.57. The molecule has 7 heteroatoms. The number of aromatic nitrogens is 3. The van der Waals surface area contributed by atoms with Crippen LogP contribution in [0.4, 0.5) is 11.6 Å². The number of hydrogen-bond acceptors (Lipinski definition) is 7. The van der Waals surface area contributed by atoms with E-state index in [2.05, 4.69) is 9.97 Å². The number of nitrogens with two attached hydrogens (primary N) is 2. The van der Waals surface area contributed by atoms with Crippen molar-refractivity contribution in [3.63, 3.8) is 0 Å². The van der Waals surface area contributed by atoms with Gasteiger partial charge in [-0.15, -0.1) is 0 Å². The van der Waals surface area contributed by atoms with E-state index in [-0.39, 0.29) is 0 Å². The smallest absolute Gasteiger partial charge is 0.133 e. The van der Waals surface area contributed by atoms with Gasteiger partial charge in [-0.3, -0.25) is 4.98 Å². The van der Waals surface area contributed by atoms with Crippen molar-refractivity contribution in [1.82, 2.24) is 15.0 Å². The molecule has 7 nitrogen and oxygen atoms in total. The van der Waals surface area contributed by atoms with Gasteiger partial charge in [0.25, 0.3) is 0 Å². The van der Waals surface area contributed by atoms with Crippen LogP contribution in [0.2, 0.25) is 0 Å². The van der Waals surface area contributed by atoms with Gasteiger partial charge in [0, 0.05) is 42.0 Å². The summed E-state index contributed by atoms with van der Waals surface area (Å²) in [4.78, 5) is 13.2. The molecule has 3 aromatic heterocycles. The lowest BCUT2D eigenvalue weighted by Gasteiger charge is -2.17. The predicted octanol–water partition coefficient (Wildman–Crippen LogP) is 3.77. The van der Waals surface area contributed by atoms with E-state index in [1.54, 1.807) is 26.6 Å². The molecule has 0 saturated heterocycles. The Hall–Kier alpha value is -3.87. The van der Waals surface area contributed by atoms with E-state index in [1.165, 1.54) is 0 Å². The van der Waals surface area contributed by atoms with Crippen molar-refractivity contribution in [3.05, 3.63) is 65.6 Å². The number of benzene rings is 1. The molecule has 0 bridgehead atoms. The topological polar surface area (TPSA) is 109 Å². The van der Waals surface area contributed by atoms with Gasteiger partial charge >= 0.3 is 0 Å². The first-order valence-corrected chi connectivity index (χ1v) is 9.47. The van der Waals surface area contributed by atoms with E-state index in [1.807, 2.05) is 43.5 Å². The second-order valence-electron chi connectivity index (χ2n) is 7.02. The molecule has 1 aromatic carbocycles. The van der Waals surface area contributed by atoms with Crippen molar-refractivity contribution in [2.45, 2.75) is 13.3 Å². The minimum atomic E-state index is 0.404. The summed E-state index contributed by atoms with van der Waals surface area (Å²) in [5.41, 5.74) is 17.0. The lowest BCUT2D eigenvalue weighted by Crippen LogP contribution is -2.05. The lowest BCUT2D eigenvalue weighted by atomic mass is 9.93. The standard InChI is InChI=1S/C23H23N5O2/c1-13-6-7-26-11-18(13)22-17(8-14-4-5-15(29-2)9-20(14)30-3)16-10-21(24)27-12-19(16)23(25)28-22/h4-7,9-12H,8H2,1-3H3,(H2,24,27)(H2,25,28). The number of nitrogens with zero attached hydrogens (tertiary/aromatic N) is 3. The molecule has 0 aliphatic rings. The molecule has 3 heterocycles. The summed E-state index contributed by atoms with van der Waals surface area (Å²) >= 11 is 0. The third-order valence-electron chi connectivity index (χ3n) is 5.20. The Morgan fingerprint density at radius 1 is 0.967 bits per heavy atom. The molecule has 0 aliphatic carbocycles. The van der Waals surface area contributed by atoms with Gasteiger partial charge in [-0.05, 0) is 47.2 Å². The normalized spacial score (nSPS) is 10.9. The molecule has 0 unspecified atom stereocenters.